The van der Waals surface area contributed by atoms with Crippen LogP contribution in [-0.4, -0.2) is 41.7 Å². The highest BCUT2D eigenvalue weighted by atomic mass is 16.5. The Hall–Kier alpha value is -3.25. The van der Waals surface area contributed by atoms with Crippen molar-refractivity contribution in [3.05, 3.63) is 74.0 Å². The van der Waals surface area contributed by atoms with Gasteiger partial charge in [-0.25, -0.2) is 0 Å². The molecule has 2 heterocycles. The second kappa shape index (κ2) is 9.90. The van der Waals surface area contributed by atoms with Gasteiger partial charge in [-0.15, -0.1) is 0 Å². The van der Waals surface area contributed by atoms with E-state index in [9.17, 15) is 19.5 Å². The maximum absolute atomic E-state index is 12.7. The van der Waals surface area contributed by atoms with Gasteiger partial charge in [0, 0.05) is 19.7 Å². The molecule has 3 aromatic carbocycles. The molecular formula is C31H35NO5. The summed E-state index contributed by atoms with van der Waals surface area (Å²) in [4.78, 5) is 38.0. The lowest BCUT2D eigenvalue weighted by Crippen LogP contribution is -2.44. The molecule has 6 rings (SSSR count). The van der Waals surface area contributed by atoms with Crippen molar-refractivity contribution in [1.82, 2.24) is 4.90 Å². The fraction of sp³-hybridized carbons (Fsp3) is 0.452. The van der Waals surface area contributed by atoms with Crippen molar-refractivity contribution in [3.63, 3.8) is 0 Å². The van der Waals surface area contributed by atoms with Crippen LogP contribution in [0.1, 0.15) is 63.0 Å². The molecule has 1 amide bonds. The van der Waals surface area contributed by atoms with Crippen LogP contribution in [-0.2, 0) is 9.53 Å². The van der Waals surface area contributed by atoms with Gasteiger partial charge < -0.3 is 14.7 Å². The van der Waals surface area contributed by atoms with Gasteiger partial charge in [0.15, 0.2) is 5.75 Å². The Labute approximate surface area is 217 Å². The van der Waals surface area contributed by atoms with E-state index in [0.717, 1.165) is 55.5 Å². The molecule has 1 spiro atoms. The summed E-state index contributed by atoms with van der Waals surface area (Å²) in [7, 11) is 0. The van der Waals surface area contributed by atoms with E-state index in [1.807, 2.05) is 37.8 Å². The van der Waals surface area contributed by atoms with Gasteiger partial charge in [-0.05, 0) is 84.2 Å². The van der Waals surface area contributed by atoms with Gasteiger partial charge >= 0.3 is 0 Å². The number of piperidine rings is 1. The summed E-state index contributed by atoms with van der Waals surface area (Å²) in [5.41, 5.74) is 3.96. The van der Waals surface area contributed by atoms with Crippen LogP contribution in [0.2, 0.25) is 0 Å². The monoisotopic (exact) mass is 501 g/mol. The minimum Gasteiger partial charge on any atom is -0.503 e. The molecule has 1 N–H and O–H groups in total. The van der Waals surface area contributed by atoms with E-state index in [1.165, 1.54) is 12.0 Å². The van der Waals surface area contributed by atoms with Gasteiger partial charge in [0.05, 0.1) is 5.56 Å². The zero-order valence-corrected chi connectivity index (χ0v) is 21.9. The molecule has 6 nitrogen and oxygen atoms in total. The summed E-state index contributed by atoms with van der Waals surface area (Å²) < 4.78 is 5.59. The SMILES string of the molecule is CC.Cc1ccc(-c2c(O)c(=O)c2=O)cc1-c1ccc(C2CC23CCN(C(=O)[C@H]2CCCO2)CC3)cc1. The normalized spacial score (nSPS) is 22.1. The third-order valence-corrected chi connectivity index (χ3v) is 8.50. The van der Waals surface area contributed by atoms with Crippen molar-refractivity contribution in [1.29, 1.82) is 0 Å². The van der Waals surface area contributed by atoms with Crippen molar-refractivity contribution < 1.29 is 14.6 Å². The number of aryl methyl sites for hydroxylation is 1. The van der Waals surface area contributed by atoms with Gasteiger partial charge in [0.2, 0.25) is 5.43 Å². The van der Waals surface area contributed by atoms with Crippen LogP contribution in [0.25, 0.3) is 22.3 Å². The molecule has 2 atom stereocenters. The molecule has 0 radical (unpaired) electrons. The van der Waals surface area contributed by atoms with E-state index in [-0.39, 0.29) is 17.6 Å². The molecule has 0 bridgehead atoms. The van der Waals surface area contributed by atoms with Gasteiger partial charge in [-0.1, -0.05) is 50.2 Å². The number of amides is 1. The lowest BCUT2D eigenvalue weighted by atomic mass is 9.87. The molecule has 1 aliphatic carbocycles. The molecule has 194 valence electrons. The van der Waals surface area contributed by atoms with Crippen molar-refractivity contribution >= 4 is 5.91 Å². The average Bonchev–Trinajstić information content (AvgIpc) is 3.35. The molecule has 3 aromatic rings. The van der Waals surface area contributed by atoms with Crippen molar-refractivity contribution in [2.24, 2.45) is 5.41 Å². The fourth-order valence-electron chi connectivity index (χ4n) is 6.15. The minimum atomic E-state index is -0.813. The van der Waals surface area contributed by atoms with Crippen LogP contribution in [0.15, 0.2) is 52.1 Å². The van der Waals surface area contributed by atoms with Crippen molar-refractivity contribution in [2.75, 3.05) is 19.7 Å². The van der Waals surface area contributed by atoms with Gasteiger partial charge in [-0.2, -0.15) is 0 Å². The highest BCUT2D eigenvalue weighted by molar-refractivity contribution is 5.81. The molecule has 0 aromatic heterocycles. The van der Waals surface area contributed by atoms with E-state index in [0.29, 0.717) is 23.5 Å². The molecule has 3 fully saturated rings. The zero-order valence-electron chi connectivity index (χ0n) is 21.9. The van der Waals surface area contributed by atoms with Crippen molar-refractivity contribution in [2.45, 2.75) is 64.9 Å². The first-order chi connectivity index (χ1) is 17.9. The Balaban J connectivity index is 0.00000137. The Morgan fingerprint density at radius 2 is 1.68 bits per heavy atom. The number of likely N-dealkylation sites (tertiary alicyclic amines) is 1. The molecule has 3 aliphatic rings. The second-order valence-corrected chi connectivity index (χ2v) is 10.5. The molecule has 2 saturated heterocycles. The summed E-state index contributed by atoms with van der Waals surface area (Å²) in [6, 6.07) is 14.2. The lowest BCUT2D eigenvalue weighted by Gasteiger charge is -2.34. The average molecular weight is 502 g/mol. The highest BCUT2D eigenvalue weighted by Crippen LogP contribution is 2.65. The predicted octanol–water partition coefficient (Wildman–Crippen LogP) is 4.93. The van der Waals surface area contributed by atoms with Crippen LogP contribution in [0.5, 0.6) is 5.75 Å². The number of benzene rings is 2. The van der Waals surface area contributed by atoms with Crippen LogP contribution >= 0.6 is 0 Å². The minimum absolute atomic E-state index is 0.108. The van der Waals surface area contributed by atoms with E-state index >= 15 is 0 Å². The molecular weight excluding hydrogens is 466 g/mol. The standard InChI is InChI=1S/C29H29NO5.C2H6/c1-17-4-5-20(24-25(31)27(33)26(24)32)15-21(17)18-6-8-19(9-7-18)22-16-29(22)10-12-30(13-11-29)28(34)23-3-2-14-35-23;1-2/h4-9,15,22-23,31H,2-3,10-14,16H2,1H3;1-2H3/t22?,23-;/m1./s1. The maximum atomic E-state index is 12.7. The molecule has 6 heteroatoms. The Morgan fingerprint density at radius 3 is 2.30 bits per heavy atom. The Kier molecular flexibility index (Phi) is 6.80. The van der Waals surface area contributed by atoms with E-state index in [1.54, 1.807) is 6.07 Å². The maximum Gasteiger partial charge on any atom is 0.268 e. The Bertz CT molecular complexity index is 1370. The number of hydrogen-bond donors (Lipinski definition) is 1. The molecule has 2 aliphatic heterocycles. The van der Waals surface area contributed by atoms with Crippen LogP contribution in [0.3, 0.4) is 0 Å². The first-order valence-electron chi connectivity index (χ1n) is 13.5. The number of nitrogens with zero attached hydrogens (tertiary/aromatic N) is 1. The van der Waals surface area contributed by atoms with E-state index in [2.05, 4.69) is 24.3 Å². The number of ether oxygens (including phenoxy) is 1. The second-order valence-electron chi connectivity index (χ2n) is 10.5. The summed E-state index contributed by atoms with van der Waals surface area (Å²) >= 11 is 0. The third-order valence-electron chi connectivity index (χ3n) is 8.50. The quantitative estimate of drug-likeness (QED) is 0.513. The number of carbonyl (C=O) groups is 1. The highest BCUT2D eigenvalue weighted by Gasteiger charge is 2.55. The molecule has 1 unspecified atom stereocenters. The van der Waals surface area contributed by atoms with Crippen LogP contribution < -0.4 is 10.9 Å². The predicted molar refractivity (Wildman–Crippen MR) is 145 cm³/mol. The summed E-state index contributed by atoms with van der Waals surface area (Å²) in [5.74, 6) is 0.265. The molecule has 37 heavy (non-hydrogen) atoms. The first kappa shape index (κ1) is 25.4. The third kappa shape index (κ3) is 4.42. The number of rotatable bonds is 4. The van der Waals surface area contributed by atoms with Gasteiger partial charge in [-0.3, -0.25) is 14.4 Å². The van der Waals surface area contributed by atoms with Gasteiger partial charge in [0.25, 0.3) is 11.3 Å². The Morgan fingerprint density at radius 1 is 1.00 bits per heavy atom. The van der Waals surface area contributed by atoms with Crippen molar-refractivity contribution in [3.8, 4) is 28.0 Å². The molecule has 1 saturated carbocycles. The summed E-state index contributed by atoms with van der Waals surface area (Å²) in [6.45, 7) is 8.36. The first-order valence-corrected chi connectivity index (χ1v) is 13.5. The van der Waals surface area contributed by atoms with Crippen LogP contribution in [0, 0.1) is 12.3 Å². The van der Waals surface area contributed by atoms with E-state index < -0.39 is 16.6 Å². The van der Waals surface area contributed by atoms with Crippen LogP contribution in [0.4, 0.5) is 0 Å². The smallest absolute Gasteiger partial charge is 0.268 e. The topological polar surface area (TPSA) is 83.9 Å². The zero-order chi connectivity index (χ0) is 26.3. The summed E-state index contributed by atoms with van der Waals surface area (Å²) in [6.07, 6.45) is 4.87. The number of hydrogen-bond acceptors (Lipinski definition) is 5. The largest absolute Gasteiger partial charge is 0.503 e. The lowest BCUT2D eigenvalue weighted by molar-refractivity contribution is -0.142. The fourth-order valence-corrected chi connectivity index (χ4v) is 6.15. The van der Waals surface area contributed by atoms with Gasteiger partial charge in [0.1, 0.15) is 6.10 Å². The van der Waals surface area contributed by atoms with E-state index in [4.69, 9.17) is 4.74 Å². The summed E-state index contributed by atoms with van der Waals surface area (Å²) in [5, 5.41) is 9.84. The number of carbonyl (C=O) groups excluding carboxylic acids is 1. The number of aromatic hydroxyl groups is 1.